The highest BCUT2D eigenvalue weighted by Crippen LogP contribution is 2.28. The van der Waals surface area contributed by atoms with Crippen molar-refractivity contribution in [3.8, 4) is 0 Å². The van der Waals surface area contributed by atoms with Gasteiger partial charge in [-0.15, -0.1) is 12.4 Å². The molecule has 250 valence electrons. The second-order valence-corrected chi connectivity index (χ2v) is 14.5. The van der Waals surface area contributed by atoms with Crippen LogP contribution in [0.15, 0.2) is 69.1 Å². The molecule has 2 aliphatic rings. The van der Waals surface area contributed by atoms with Crippen LogP contribution in [-0.4, -0.2) is 47.2 Å². The number of aromatic carboxylic acids is 1. The van der Waals surface area contributed by atoms with Gasteiger partial charge in [-0.05, 0) is 112 Å². The molecule has 2 heterocycles. The lowest BCUT2D eigenvalue weighted by atomic mass is 9.94. The molecule has 0 saturated carbocycles. The van der Waals surface area contributed by atoms with Gasteiger partial charge >= 0.3 is 5.97 Å². The Morgan fingerprint density at radius 1 is 0.717 bits per heavy atom. The van der Waals surface area contributed by atoms with Crippen LogP contribution in [0.2, 0.25) is 0 Å². The normalized spacial score (nSPS) is 15.7. The van der Waals surface area contributed by atoms with Crippen molar-refractivity contribution >= 4 is 46.1 Å². The smallest absolute Gasteiger partial charge is 0.335 e. The van der Waals surface area contributed by atoms with Crippen molar-refractivity contribution in [1.29, 1.82) is 0 Å². The van der Waals surface area contributed by atoms with Crippen LogP contribution in [-0.2, 0) is 9.47 Å². The van der Waals surface area contributed by atoms with Gasteiger partial charge in [-0.1, -0.05) is 74.0 Å². The maximum absolute atomic E-state index is 10.8. The standard InChI is InChI=1S/C15H21NO.C12H14BrNO.C11H14O2.ClH/c1-10(2)12-7-6-8-13(11(12)3)14-16-15(4,5)9-17-14;1-8-9(5-4-6-10(8)13)11-14-12(2,3)7-15-11;1-7(2)9-5-4-6-10(8(9)3)11(12)13;/h6-8,10H,9H2,1-5H3;4-6H,7H2,1-3H3;4-7H,1-3H3,(H,12,13);1H. The molecule has 2 aliphatic heterocycles. The van der Waals surface area contributed by atoms with E-state index in [0.717, 1.165) is 38.5 Å². The van der Waals surface area contributed by atoms with Gasteiger partial charge in [0.25, 0.3) is 0 Å². The zero-order chi connectivity index (χ0) is 33.7. The summed E-state index contributed by atoms with van der Waals surface area (Å²) in [5, 5.41) is 8.87. The lowest BCUT2D eigenvalue weighted by Crippen LogP contribution is -2.17. The monoisotopic (exact) mass is 712 g/mol. The van der Waals surface area contributed by atoms with Crippen LogP contribution in [0.1, 0.15) is 117 Å². The van der Waals surface area contributed by atoms with E-state index in [1.807, 2.05) is 31.2 Å². The first kappa shape index (κ1) is 39.0. The molecule has 0 aromatic heterocycles. The molecule has 0 bridgehead atoms. The highest BCUT2D eigenvalue weighted by Gasteiger charge is 2.29. The number of ether oxygens (including phenoxy) is 2. The lowest BCUT2D eigenvalue weighted by Gasteiger charge is -2.13. The highest BCUT2D eigenvalue weighted by atomic mass is 79.9. The van der Waals surface area contributed by atoms with Gasteiger partial charge in [0.05, 0.1) is 16.6 Å². The molecule has 0 spiro atoms. The van der Waals surface area contributed by atoms with Gasteiger partial charge in [-0.3, -0.25) is 0 Å². The summed E-state index contributed by atoms with van der Waals surface area (Å²) in [6, 6.07) is 17.9. The fourth-order valence-corrected chi connectivity index (χ4v) is 5.67. The third-order valence-electron chi connectivity index (χ3n) is 7.89. The quantitative estimate of drug-likeness (QED) is 0.285. The van der Waals surface area contributed by atoms with E-state index in [1.54, 1.807) is 12.1 Å². The molecule has 3 aromatic carbocycles. The van der Waals surface area contributed by atoms with Crippen molar-refractivity contribution in [2.45, 2.75) is 99.1 Å². The summed E-state index contributed by atoms with van der Waals surface area (Å²) >= 11 is 3.51. The molecule has 1 N–H and O–H groups in total. The molecule has 0 fully saturated rings. The molecule has 0 amide bonds. The number of carboxylic acids is 1. The SMILES string of the molecule is Cc1c(Br)cccc1C1=NC(C)(C)CO1.Cc1c(C(=O)O)cccc1C(C)C.Cc1c(C2=NC(C)(C)CO2)cccc1C(C)C.Cl. The van der Waals surface area contributed by atoms with Crippen LogP contribution >= 0.6 is 28.3 Å². The van der Waals surface area contributed by atoms with Crippen LogP contribution in [0.4, 0.5) is 0 Å². The minimum Gasteiger partial charge on any atom is -0.478 e. The first-order chi connectivity index (χ1) is 20.9. The number of aliphatic imine (C=N–C) groups is 2. The van der Waals surface area contributed by atoms with E-state index in [9.17, 15) is 4.79 Å². The van der Waals surface area contributed by atoms with Gasteiger partial charge in [0.1, 0.15) is 13.2 Å². The van der Waals surface area contributed by atoms with Crippen molar-refractivity contribution in [1.82, 2.24) is 0 Å². The summed E-state index contributed by atoms with van der Waals surface area (Å²) in [4.78, 5) is 20.0. The summed E-state index contributed by atoms with van der Waals surface area (Å²) in [5.41, 5.74) is 8.28. The molecular weight excluding hydrogens is 664 g/mol. The van der Waals surface area contributed by atoms with Crippen molar-refractivity contribution in [2.75, 3.05) is 13.2 Å². The third kappa shape index (κ3) is 9.92. The van der Waals surface area contributed by atoms with E-state index >= 15 is 0 Å². The van der Waals surface area contributed by atoms with Crippen molar-refractivity contribution in [3.05, 3.63) is 104 Å². The molecule has 0 atom stereocenters. The minimum atomic E-state index is -0.847. The number of halogens is 2. The van der Waals surface area contributed by atoms with Gasteiger partial charge in [0.2, 0.25) is 11.8 Å². The second kappa shape index (κ2) is 16.1. The van der Waals surface area contributed by atoms with Crippen LogP contribution in [0, 0.1) is 20.8 Å². The van der Waals surface area contributed by atoms with Crippen molar-refractivity contribution in [3.63, 3.8) is 0 Å². The molecule has 5 rings (SSSR count). The Labute approximate surface area is 290 Å². The lowest BCUT2D eigenvalue weighted by molar-refractivity contribution is 0.0696. The second-order valence-electron chi connectivity index (χ2n) is 13.6. The summed E-state index contributed by atoms with van der Waals surface area (Å²) in [5.74, 6) is 1.62. The topological polar surface area (TPSA) is 80.5 Å². The van der Waals surface area contributed by atoms with Crippen LogP contribution < -0.4 is 0 Å². The Hall–Kier alpha value is -3.16. The van der Waals surface area contributed by atoms with E-state index in [1.165, 1.54) is 16.7 Å². The number of hydrogen-bond donors (Lipinski definition) is 1. The van der Waals surface area contributed by atoms with E-state index < -0.39 is 5.97 Å². The number of rotatable bonds is 5. The number of carboxylic acid groups (broad SMARTS) is 1. The van der Waals surface area contributed by atoms with Gasteiger partial charge < -0.3 is 14.6 Å². The molecule has 3 aromatic rings. The molecule has 46 heavy (non-hydrogen) atoms. The van der Waals surface area contributed by atoms with Gasteiger partial charge in [0, 0.05) is 15.6 Å². The number of benzene rings is 3. The molecular formula is C38H50BrClN2O4. The molecule has 8 heteroatoms. The van der Waals surface area contributed by atoms with E-state index in [0.29, 0.717) is 30.6 Å². The van der Waals surface area contributed by atoms with Gasteiger partial charge in [-0.2, -0.15) is 0 Å². The average Bonchev–Trinajstić information content (AvgIpc) is 3.51. The number of hydrogen-bond acceptors (Lipinski definition) is 5. The van der Waals surface area contributed by atoms with E-state index in [-0.39, 0.29) is 23.5 Å². The van der Waals surface area contributed by atoms with Crippen molar-refractivity contribution < 1.29 is 19.4 Å². The zero-order valence-electron chi connectivity index (χ0n) is 29.1. The largest absolute Gasteiger partial charge is 0.478 e. The van der Waals surface area contributed by atoms with Crippen LogP contribution in [0.25, 0.3) is 0 Å². The van der Waals surface area contributed by atoms with E-state index in [2.05, 4.69) is 113 Å². The Morgan fingerprint density at radius 3 is 1.54 bits per heavy atom. The Bertz CT molecular complexity index is 1590. The number of carbonyl (C=O) groups is 1. The van der Waals surface area contributed by atoms with Crippen LogP contribution in [0.3, 0.4) is 0 Å². The highest BCUT2D eigenvalue weighted by molar-refractivity contribution is 9.10. The maximum Gasteiger partial charge on any atom is 0.335 e. The minimum absolute atomic E-state index is 0. The van der Waals surface area contributed by atoms with E-state index in [4.69, 9.17) is 14.6 Å². The average molecular weight is 714 g/mol. The zero-order valence-corrected chi connectivity index (χ0v) is 31.5. The summed E-state index contributed by atoms with van der Waals surface area (Å²) in [7, 11) is 0. The Kier molecular flexibility index (Phi) is 13.7. The first-order valence-corrected chi connectivity index (χ1v) is 16.4. The molecule has 6 nitrogen and oxygen atoms in total. The van der Waals surface area contributed by atoms with Gasteiger partial charge in [-0.25, -0.2) is 14.8 Å². The summed E-state index contributed by atoms with van der Waals surface area (Å²) in [6.07, 6.45) is 0. The molecule has 0 unspecified atom stereocenters. The number of nitrogens with zero attached hydrogens (tertiary/aromatic N) is 2. The summed E-state index contributed by atoms with van der Waals surface area (Å²) in [6.45, 7) is 24.3. The molecule has 0 aliphatic carbocycles. The maximum atomic E-state index is 10.8. The Balaban J connectivity index is 0.000000240. The molecule has 0 radical (unpaired) electrons. The summed E-state index contributed by atoms with van der Waals surface area (Å²) < 4.78 is 12.4. The van der Waals surface area contributed by atoms with Crippen LogP contribution in [0.5, 0.6) is 0 Å². The van der Waals surface area contributed by atoms with Gasteiger partial charge in [0.15, 0.2) is 0 Å². The first-order valence-electron chi connectivity index (χ1n) is 15.6. The fraction of sp³-hybridized carbons (Fsp3) is 0.447. The predicted molar refractivity (Wildman–Crippen MR) is 197 cm³/mol. The Morgan fingerprint density at radius 2 is 1.13 bits per heavy atom. The predicted octanol–water partition coefficient (Wildman–Crippen LogP) is 10.2. The third-order valence-corrected chi connectivity index (χ3v) is 8.75. The van der Waals surface area contributed by atoms with Crippen molar-refractivity contribution in [2.24, 2.45) is 9.98 Å². The fourth-order valence-electron chi connectivity index (χ4n) is 5.31. The molecule has 0 saturated heterocycles.